The monoisotopic (exact) mass is 788 g/mol. The SMILES string of the molecule is B1c2cc3sc4ccccc4c3cc2N(c2ccc3sc4ccccc4c3c2)c2cc3sc4ccccc4c3c(-c3cccc4c3[nH]c3c5ccccc5ccc43)c21. The number of anilines is 3. The number of H-pyrrole nitrogens is 1. The van der Waals surface area contributed by atoms with Crippen LogP contribution in [0.1, 0.15) is 0 Å². The number of hydrogen-bond acceptors (Lipinski definition) is 4. The number of nitrogens with one attached hydrogen (secondary N) is 1. The van der Waals surface area contributed by atoms with Gasteiger partial charge >= 0.3 is 0 Å². The van der Waals surface area contributed by atoms with Crippen LogP contribution in [0.4, 0.5) is 17.1 Å². The molecular formula is C52H29BN2S3. The molecule has 2 nitrogen and oxygen atoms in total. The molecule has 58 heavy (non-hydrogen) atoms. The lowest BCUT2D eigenvalue weighted by Crippen LogP contribution is -2.41. The molecule has 6 heteroatoms. The van der Waals surface area contributed by atoms with E-state index in [1.807, 2.05) is 34.0 Å². The van der Waals surface area contributed by atoms with E-state index in [0.717, 1.165) is 7.28 Å². The number of aromatic amines is 1. The second-order valence-corrected chi connectivity index (χ2v) is 18.9. The van der Waals surface area contributed by atoms with Crippen molar-refractivity contribution < 1.29 is 0 Å². The number of nitrogens with zero attached hydrogens (tertiary/aromatic N) is 1. The summed E-state index contributed by atoms with van der Waals surface area (Å²) in [6.45, 7) is 0. The topological polar surface area (TPSA) is 19.0 Å². The number of thiophene rings is 3. The third kappa shape index (κ3) is 4.26. The standard InChI is InChI=1S/C52H29BN2S3/c1-2-11-30-28(10-1)20-22-34-33-15-9-16-36(52(33)54-51(30)34)49-48-35-14-5-8-19-44(35)58-47(48)27-41-50(49)53-39-26-46-38(32-13-4-7-18-43(32)57-46)25-40(39)55(41)29-21-23-45-37(24-29)31-12-3-6-17-42(31)56-45/h1-27,53-54H. The Hall–Kier alpha value is -6.44. The highest BCUT2D eigenvalue weighted by Crippen LogP contribution is 2.49. The first kappa shape index (κ1) is 31.6. The number of fused-ring (bicyclic) bond motifs is 16. The van der Waals surface area contributed by atoms with Crippen LogP contribution in [0, 0.1) is 0 Å². The van der Waals surface area contributed by atoms with E-state index >= 15 is 0 Å². The Labute approximate surface area is 345 Å². The second kappa shape index (κ2) is 11.6. The molecule has 1 aliphatic rings. The van der Waals surface area contributed by atoms with Crippen molar-refractivity contribution in [3.63, 3.8) is 0 Å². The third-order valence-corrected chi connectivity index (χ3v) is 16.0. The van der Waals surface area contributed by atoms with Gasteiger partial charge in [-0.2, -0.15) is 0 Å². The van der Waals surface area contributed by atoms with E-state index in [0.29, 0.717) is 0 Å². The van der Waals surface area contributed by atoms with E-state index in [-0.39, 0.29) is 0 Å². The van der Waals surface area contributed by atoms with Crippen LogP contribution in [0.3, 0.4) is 0 Å². The molecule has 0 aliphatic carbocycles. The molecule has 0 fully saturated rings. The van der Waals surface area contributed by atoms with Gasteiger partial charge in [0, 0.05) is 99.3 Å². The highest BCUT2D eigenvalue weighted by atomic mass is 32.1. The van der Waals surface area contributed by atoms with Crippen molar-refractivity contribution in [1.29, 1.82) is 0 Å². The van der Waals surface area contributed by atoms with Crippen molar-refractivity contribution in [2.75, 3.05) is 4.90 Å². The van der Waals surface area contributed by atoms with E-state index in [4.69, 9.17) is 0 Å². The maximum absolute atomic E-state index is 4.03. The van der Waals surface area contributed by atoms with Gasteiger partial charge in [0.15, 0.2) is 7.28 Å². The minimum absolute atomic E-state index is 0.837. The van der Waals surface area contributed by atoms with Crippen molar-refractivity contribution in [2.45, 2.75) is 0 Å². The van der Waals surface area contributed by atoms with Crippen molar-refractivity contribution in [2.24, 2.45) is 0 Å². The molecule has 268 valence electrons. The van der Waals surface area contributed by atoms with Gasteiger partial charge in [0.25, 0.3) is 0 Å². The highest BCUT2D eigenvalue weighted by Gasteiger charge is 2.32. The van der Waals surface area contributed by atoms with Crippen LogP contribution in [-0.4, -0.2) is 12.3 Å². The normalized spacial score (nSPS) is 12.9. The summed E-state index contributed by atoms with van der Waals surface area (Å²) in [5.74, 6) is 0. The first-order valence-corrected chi connectivity index (χ1v) is 22.2. The molecule has 0 bridgehead atoms. The van der Waals surface area contributed by atoms with Crippen LogP contribution in [0.5, 0.6) is 0 Å². The minimum atomic E-state index is 0.837. The smallest absolute Gasteiger partial charge is 0.198 e. The molecule has 13 aromatic rings. The summed E-state index contributed by atoms with van der Waals surface area (Å²) >= 11 is 5.70. The molecule has 1 N–H and O–H groups in total. The summed E-state index contributed by atoms with van der Waals surface area (Å²) in [4.78, 5) is 6.62. The van der Waals surface area contributed by atoms with E-state index in [9.17, 15) is 0 Å². The molecule has 9 aromatic carbocycles. The lowest BCUT2D eigenvalue weighted by Gasteiger charge is -2.35. The maximum atomic E-state index is 4.03. The van der Waals surface area contributed by atoms with E-state index in [1.165, 1.54) is 132 Å². The van der Waals surface area contributed by atoms with Crippen molar-refractivity contribution in [3.8, 4) is 11.1 Å². The second-order valence-electron chi connectivity index (χ2n) is 15.6. The molecule has 0 saturated carbocycles. The zero-order valence-electron chi connectivity index (χ0n) is 31.0. The summed E-state index contributed by atoms with van der Waals surface area (Å²) in [6, 6.07) is 61.6. The van der Waals surface area contributed by atoms with E-state index in [2.05, 4.69) is 174 Å². The van der Waals surface area contributed by atoms with Crippen LogP contribution in [0.15, 0.2) is 164 Å². The Kier molecular flexibility index (Phi) is 6.32. The van der Waals surface area contributed by atoms with Gasteiger partial charge in [0.05, 0.1) is 11.0 Å². The molecule has 4 aromatic heterocycles. The summed E-state index contributed by atoms with van der Waals surface area (Å²) in [5, 5.41) is 13.0. The number of rotatable bonds is 2. The summed E-state index contributed by atoms with van der Waals surface area (Å²) in [6.07, 6.45) is 0. The van der Waals surface area contributed by atoms with Crippen LogP contribution < -0.4 is 15.8 Å². The first-order valence-electron chi connectivity index (χ1n) is 19.8. The van der Waals surface area contributed by atoms with Gasteiger partial charge < -0.3 is 9.88 Å². The number of aromatic nitrogens is 1. The Balaban J connectivity index is 1.13. The van der Waals surface area contributed by atoms with Gasteiger partial charge in [-0.25, -0.2) is 0 Å². The van der Waals surface area contributed by atoms with Gasteiger partial charge in [-0.3, -0.25) is 0 Å². The average Bonchev–Trinajstić information content (AvgIpc) is 4.04. The Morgan fingerprint density at radius 3 is 1.88 bits per heavy atom. The van der Waals surface area contributed by atoms with Gasteiger partial charge in [0.2, 0.25) is 0 Å². The highest BCUT2D eigenvalue weighted by molar-refractivity contribution is 7.26. The predicted molar refractivity (Wildman–Crippen MR) is 259 cm³/mol. The summed E-state index contributed by atoms with van der Waals surface area (Å²) < 4.78 is 7.95. The molecule has 0 radical (unpaired) electrons. The zero-order valence-corrected chi connectivity index (χ0v) is 33.4. The number of para-hydroxylation sites is 1. The van der Waals surface area contributed by atoms with Crippen molar-refractivity contribution in [3.05, 3.63) is 164 Å². The van der Waals surface area contributed by atoms with Crippen molar-refractivity contribution in [1.82, 2.24) is 4.98 Å². The number of hydrogen-bond donors (Lipinski definition) is 1. The molecule has 1 aliphatic heterocycles. The van der Waals surface area contributed by atoms with Crippen LogP contribution >= 0.6 is 34.0 Å². The molecule has 14 rings (SSSR count). The molecule has 0 saturated heterocycles. The fourth-order valence-corrected chi connectivity index (χ4v) is 13.5. The summed E-state index contributed by atoms with van der Waals surface area (Å²) in [5.41, 5.74) is 11.4. The first-order chi connectivity index (χ1) is 28.7. The van der Waals surface area contributed by atoms with Crippen LogP contribution in [-0.2, 0) is 0 Å². The molecular weight excluding hydrogens is 760 g/mol. The Bertz CT molecular complexity index is 3920. The molecule has 0 spiro atoms. The lowest BCUT2D eigenvalue weighted by atomic mass is 9.57. The fraction of sp³-hybridized carbons (Fsp3) is 0. The zero-order chi connectivity index (χ0) is 37.6. The van der Waals surface area contributed by atoms with Gasteiger partial charge in [-0.15, -0.1) is 34.0 Å². The quantitative estimate of drug-likeness (QED) is 0.173. The van der Waals surface area contributed by atoms with Crippen molar-refractivity contribution >= 4 is 162 Å². The Morgan fingerprint density at radius 2 is 1.05 bits per heavy atom. The third-order valence-electron chi connectivity index (χ3n) is 12.6. The molecule has 0 unspecified atom stereocenters. The summed E-state index contributed by atoms with van der Waals surface area (Å²) in [7, 11) is 0.837. The maximum Gasteiger partial charge on any atom is 0.198 e. The minimum Gasteiger partial charge on any atom is -0.353 e. The predicted octanol–water partition coefficient (Wildman–Crippen LogP) is 14.4. The van der Waals surface area contributed by atoms with Gasteiger partial charge in [0.1, 0.15) is 0 Å². The molecule has 0 atom stereocenters. The largest absolute Gasteiger partial charge is 0.353 e. The molecule has 5 heterocycles. The Morgan fingerprint density at radius 1 is 0.414 bits per heavy atom. The molecule has 0 amide bonds. The lowest BCUT2D eigenvalue weighted by molar-refractivity contribution is 1.32. The van der Waals surface area contributed by atoms with Gasteiger partial charge in [-0.1, -0.05) is 115 Å². The van der Waals surface area contributed by atoms with E-state index < -0.39 is 0 Å². The fourth-order valence-electron chi connectivity index (χ4n) is 10.1. The number of benzene rings is 9. The van der Waals surface area contributed by atoms with Gasteiger partial charge in [-0.05, 0) is 71.0 Å². The van der Waals surface area contributed by atoms with Crippen LogP contribution in [0.2, 0.25) is 0 Å². The average molecular weight is 789 g/mol. The van der Waals surface area contributed by atoms with Crippen LogP contribution in [0.25, 0.3) is 104 Å². The van der Waals surface area contributed by atoms with E-state index in [1.54, 1.807) is 0 Å².